The predicted octanol–water partition coefficient (Wildman–Crippen LogP) is 2.73. The average molecular weight is 402 g/mol. The molecule has 0 saturated carbocycles. The number of ether oxygens (including phenoxy) is 1. The maximum absolute atomic E-state index is 12.7. The zero-order valence-electron chi connectivity index (χ0n) is 14.3. The first kappa shape index (κ1) is 19.1. The molecule has 28 heavy (non-hydrogen) atoms. The van der Waals surface area contributed by atoms with Crippen LogP contribution in [0.3, 0.4) is 0 Å². The van der Waals surface area contributed by atoms with Gasteiger partial charge in [-0.2, -0.15) is 0 Å². The summed E-state index contributed by atoms with van der Waals surface area (Å²) in [5, 5.41) is 11.4. The maximum Gasteiger partial charge on any atom is 0.340 e. The molecule has 142 valence electrons. The molecule has 0 aliphatic carbocycles. The van der Waals surface area contributed by atoms with Gasteiger partial charge in [0.1, 0.15) is 5.02 Å². The SMILES string of the molecule is COC(=O)c1cn(NC(=O)c2ccc(Cl)c([N+](=O)[O-])c2)c(=O)c2ccccc12. The van der Waals surface area contributed by atoms with Crippen LogP contribution >= 0.6 is 11.6 Å². The number of carbonyl (C=O) groups is 2. The minimum Gasteiger partial charge on any atom is -0.465 e. The number of amides is 1. The number of hydrogen-bond acceptors (Lipinski definition) is 6. The Morgan fingerprint density at radius 1 is 1.18 bits per heavy atom. The molecule has 1 heterocycles. The highest BCUT2D eigenvalue weighted by Gasteiger charge is 2.19. The lowest BCUT2D eigenvalue weighted by molar-refractivity contribution is -0.384. The zero-order valence-corrected chi connectivity index (χ0v) is 15.1. The summed E-state index contributed by atoms with van der Waals surface area (Å²) in [7, 11) is 1.19. The summed E-state index contributed by atoms with van der Waals surface area (Å²) < 4.78 is 5.56. The Bertz CT molecular complexity index is 1190. The molecule has 1 amide bonds. The van der Waals surface area contributed by atoms with Crippen LogP contribution in [0.5, 0.6) is 0 Å². The second-order valence-corrected chi connectivity index (χ2v) is 6.03. The van der Waals surface area contributed by atoms with Crippen LogP contribution in [-0.2, 0) is 4.74 Å². The first-order valence-corrected chi connectivity index (χ1v) is 8.19. The summed E-state index contributed by atoms with van der Waals surface area (Å²) >= 11 is 5.74. The highest BCUT2D eigenvalue weighted by molar-refractivity contribution is 6.32. The largest absolute Gasteiger partial charge is 0.465 e. The number of nitrogens with one attached hydrogen (secondary N) is 1. The minimum absolute atomic E-state index is 0.0695. The van der Waals surface area contributed by atoms with Gasteiger partial charge in [0, 0.05) is 28.6 Å². The van der Waals surface area contributed by atoms with Crippen molar-refractivity contribution in [1.82, 2.24) is 4.68 Å². The van der Waals surface area contributed by atoms with E-state index in [9.17, 15) is 24.5 Å². The molecule has 0 radical (unpaired) electrons. The van der Waals surface area contributed by atoms with Crippen molar-refractivity contribution in [2.45, 2.75) is 0 Å². The standard InChI is InChI=1S/C18H12ClN3O6/c1-28-18(25)13-9-21(17(24)12-5-3-2-4-11(12)13)20-16(23)10-6-7-14(19)15(8-10)22(26)27/h2-9H,1H3,(H,20,23). The third-order valence-electron chi connectivity index (χ3n) is 3.96. The van der Waals surface area contributed by atoms with Gasteiger partial charge in [-0.3, -0.25) is 25.1 Å². The Morgan fingerprint density at radius 2 is 1.86 bits per heavy atom. The van der Waals surface area contributed by atoms with Crippen molar-refractivity contribution < 1.29 is 19.2 Å². The number of aromatic nitrogens is 1. The molecule has 1 aromatic heterocycles. The highest BCUT2D eigenvalue weighted by Crippen LogP contribution is 2.25. The van der Waals surface area contributed by atoms with Gasteiger partial charge in [0.25, 0.3) is 17.2 Å². The van der Waals surface area contributed by atoms with Gasteiger partial charge in [0.2, 0.25) is 0 Å². The molecule has 3 rings (SSSR count). The number of halogens is 1. The third kappa shape index (κ3) is 3.42. The van der Waals surface area contributed by atoms with Gasteiger partial charge in [-0.25, -0.2) is 9.47 Å². The Hall–Kier alpha value is -3.72. The molecule has 0 bridgehead atoms. The summed E-state index contributed by atoms with van der Waals surface area (Å²) in [6.45, 7) is 0. The normalized spacial score (nSPS) is 10.5. The van der Waals surface area contributed by atoms with Crippen molar-refractivity contribution in [2.24, 2.45) is 0 Å². The molecule has 1 N–H and O–H groups in total. The van der Waals surface area contributed by atoms with Crippen LogP contribution in [0.1, 0.15) is 20.7 Å². The molecule has 3 aromatic rings. The molecular weight excluding hydrogens is 390 g/mol. The number of esters is 1. The van der Waals surface area contributed by atoms with Crippen molar-refractivity contribution >= 4 is 39.9 Å². The molecule has 0 unspecified atom stereocenters. The Morgan fingerprint density at radius 3 is 2.50 bits per heavy atom. The number of methoxy groups -OCH3 is 1. The van der Waals surface area contributed by atoms with Crippen LogP contribution in [0.25, 0.3) is 10.8 Å². The van der Waals surface area contributed by atoms with Crippen molar-refractivity contribution in [3.63, 3.8) is 0 Å². The molecule has 0 aliphatic heterocycles. The van der Waals surface area contributed by atoms with E-state index in [0.29, 0.717) is 5.39 Å². The van der Waals surface area contributed by atoms with Gasteiger partial charge in [0.15, 0.2) is 0 Å². The van der Waals surface area contributed by atoms with Crippen LogP contribution in [0.4, 0.5) is 5.69 Å². The number of benzene rings is 2. The fourth-order valence-electron chi connectivity index (χ4n) is 2.61. The van der Waals surface area contributed by atoms with E-state index in [4.69, 9.17) is 16.3 Å². The Balaban J connectivity index is 2.07. The molecule has 0 fully saturated rings. The lowest BCUT2D eigenvalue weighted by Gasteiger charge is -2.12. The summed E-state index contributed by atoms with van der Waals surface area (Å²) in [6.07, 6.45) is 1.14. The number of nitro benzene ring substituents is 1. The first-order chi connectivity index (χ1) is 13.3. The zero-order chi connectivity index (χ0) is 20.4. The van der Waals surface area contributed by atoms with E-state index in [-0.39, 0.29) is 21.5 Å². The highest BCUT2D eigenvalue weighted by atomic mass is 35.5. The van der Waals surface area contributed by atoms with E-state index >= 15 is 0 Å². The summed E-state index contributed by atoms with van der Waals surface area (Å²) in [6, 6.07) is 9.82. The quantitative estimate of drug-likeness (QED) is 0.407. The van der Waals surface area contributed by atoms with E-state index in [2.05, 4.69) is 5.43 Å². The van der Waals surface area contributed by atoms with Gasteiger partial charge in [-0.1, -0.05) is 29.8 Å². The lowest BCUT2D eigenvalue weighted by Crippen LogP contribution is -2.33. The third-order valence-corrected chi connectivity index (χ3v) is 4.28. The molecule has 10 heteroatoms. The summed E-state index contributed by atoms with van der Waals surface area (Å²) in [4.78, 5) is 47.5. The second kappa shape index (κ2) is 7.49. The van der Waals surface area contributed by atoms with E-state index in [1.54, 1.807) is 18.2 Å². The molecule has 0 aliphatic rings. The fourth-order valence-corrected chi connectivity index (χ4v) is 2.80. The van der Waals surface area contributed by atoms with Crippen molar-refractivity contribution in [2.75, 3.05) is 12.5 Å². The summed E-state index contributed by atoms with van der Waals surface area (Å²) in [5.41, 5.74) is 1.27. The van der Waals surface area contributed by atoms with E-state index in [1.165, 1.54) is 25.3 Å². The summed E-state index contributed by atoms with van der Waals surface area (Å²) in [5.74, 6) is -1.49. The molecule has 0 atom stereocenters. The molecule has 9 nitrogen and oxygen atoms in total. The van der Waals surface area contributed by atoms with Crippen LogP contribution in [0, 0.1) is 10.1 Å². The number of nitrogens with zero attached hydrogens (tertiary/aromatic N) is 2. The Kier molecular flexibility index (Phi) is 5.10. The van der Waals surface area contributed by atoms with Crippen LogP contribution in [0.15, 0.2) is 53.5 Å². The lowest BCUT2D eigenvalue weighted by atomic mass is 10.1. The predicted molar refractivity (Wildman–Crippen MR) is 101 cm³/mol. The van der Waals surface area contributed by atoms with E-state index in [1.807, 2.05) is 0 Å². The maximum atomic E-state index is 12.7. The number of pyridine rings is 1. The van der Waals surface area contributed by atoms with Crippen molar-refractivity contribution in [3.05, 3.63) is 85.3 Å². The van der Waals surface area contributed by atoms with Crippen LogP contribution < -0.4 is 11.0 Å². The average Bonchev–Trinajstić information content (AvgIpc) is 2.69. The fraction of sp³-hybridized carbons (Fsp3) is 0.0556. The van der Waals surface area contributed by atoms with Crippen molar-refractivity contribution in [3.8, 4) is 0 Å². The van der Waals surface area contributed by atoms with Gasteiger partial charge < -0.3 is 4.74 Å². The first-order valence-electron chi connectivity index (χ1n) is 7.81. The van der Waals surface area contributed by atoms with Gasteiger partial charge >= 0.3 is 5.97 Å². The number of carbonyl (C=O) groups excluding carboxylic acids is 2. The topological polar surface area (TPSA) is 121 Å². The monoisotopic (exact) mass is 401 g/mol. The minimum atomic E-state index is -0.798. The number of hydrogen-bond donors (Lipinski definition) is 1. The van der Waals surface area contributed by atoms with Crippen molar-refractivity contribution in [1.29, 1.82) is 0 Å². The molecule has 0 spiro atoms. The van der Waals surface area contributed by atoms with Gasteiger partial charge in [-0.05, 0) is 18.2 Å². The second-order valence-electron chi connectivity index (χ2n) is 5.62. The Labute approximate surface area is 162 Å². The number of fused-ring (bicyclic) bond motifs is 1. The number of rotatable bonds is 4. The smallest absolute Gasteiger partial charge is 0.340 e. The van der Waals surface area contributed by atoms with E-state index < -0.39 is 28.0 Å². The molecule has 0 saturated heterocycles. The van der Waals surface area contributed by atoms with Crippen LogP contribution in [-0.4, -0.2) is 28.6 Å². The van der Waals surface area contributed by atoms with Gasteiger partial charge in [-0.15, -0.1) is 0 Å². The van der Waals surface area contributed by atoms with Gasteiger partial charge in [0.05, 0.1) is 17.6 Å². The molecule has 2 aromatic carbocycles. The van der Waals surface area contributed by atoms with E-state index in [0.717, 1.165) is 16.9 Å². The molecular formula is C18H12ClN3O6. The van der Waals surface area contributed by atoms with Crippen LogP contribution in [0.2, 0.25) is 5.02 Å². The number of nitro groups is 1.